The molecule has 0 saturated carbocycles. The summed E-state index contributed by atoms with van der Waals surface area (Å²) in [6.45, 7) is 2.69. The van der Waals surface area contributed by atoms with Crippen LogP contribution in [0.1, 0.15) is 24.1 Å². The zero-order chi connectivity index (χ0) is 9.42. The second kappa shape index (κ2) is 3.20. The van der Waals surface area contributed by atoms with Gasteiger partial charge in [-0.1, -0.05) is 11.6 Å². The molecule has 2 rings (SSSR count). The molecule has 70 valence electrons. The summed E-state index contributed by atoms with van der Waals surface area (Å²) in [4.78, 5) is 0. The Hall–Kier alpha value is -0.730. The molecule has 2 nitrogen and oxygen atoms in total. The van der Waals surface area contributed by atoms with E-state index >= 15 is 0 Å². The molecule has 1 atom stereocenters. The summed E-state index contributed by atoms with van der Waals surface area (Å²) in [5.41, 5.74) is 8.07. The predicted molar refractivity (Wildman–Crippen MR) is 53.3 cm³/mol. The Labute approximate surface area is 82.6 Å². The summed E-state index contributed by atoms with van der Waals surface area (Å²) in [6.07, 6.45) is 0.923. The molecule has 1 aliphatic heterocycles. The first-order chi connectivity index (χ1) is 6.20. The number of hydrogen-bond acceptors (Lipinski definition) is 2. The van der Waals surface area contributed by atoms with E-state index in [1.807, 2.05) is 19.1 Å². The molecule has 13 heavy (non-hydrogen) atoms. The van der Waals surface area contributed by atoms with Gasteiger partial charge in [-0.3, -0.25) is 0 Å². The normalized spacial score (nSPS) is 16.5. The fourth-order valence-corrected chi connectivity index (χ4v) is 2.11. The van der Waals surface area contributed by atoms with Crippen molar-refractivity contribution in [3.05, 3.63) is 28.3 Å². The molecule has 0 aromatic heterocycles. The maximum Gasteiger partial charge on any atom is 0.123 e. The Morgan fingerprint density at radius 1 is 1.54 bits per heavy atom. The van der Waals surface area contributed by atoms with E-state index in [9.17, 15) is 0 Å². The Balaban J connectivity index is 2.58. The minimum absolute atomic E-state index is 0.0239. The van der Waals surface area contributed by atoms with Crippen LogP contribution in [-0.2, 0) is 6.42 Å². The lowest BCUT2D eigenvalue weighted by Gasteiger charge is -2.12. The third-order valence-electron chi connectivity index (χ3n) is 2.33. The van der Waals surface area contributed by atoms with Gasteiger partial charge < -0.3 is 10.5 Å². The van der Waals surface area contributed by atoms with E-state index in [4.69, 9.17) is 22.1 Å². The lowest BCUT2D eigenvalue weighted by atomic mass is 10.00. The van der Waals surface area contributed by atoms with E-state index in [0.717, 1.165) is 29.4 Å². The van der Waals surface area contributed by atoms with Crippen molar-refractivity contribution in [1.29, 1.82) is 0 Å². The van der Waals surface area contributed by atoms with Gasteiger partial charge in [0.15, 0.2) is 0 Å². The van der Waals surface area contributed by atoms with Crippen molar-refractivity contribution in [3.63, 3.8) is 0 Å². The zero-order valence-electron chi connectivity index (χ0n) is 7.51. The van der Waals surface area contributed by atoms with Crippen LogP contribution in [-0.4, -0.2) is 6.61 Å². The van der Waals surface area contributed by atoms with Crippen LogP contribution in [0.25, 0.3) is 0 Å². The lowest BCUT2D eigenvalue weighted by molar-refractivity contribution is 0.357. The smallest absolute Gasteiger partial charge is 0.123 e. The first-order valence-corrected chi connectivity index (χ1v) is 4.77. The van der Waals surface area contributed by atoms with Gasteiger partial charge in [-0.05, 0) is 24.6 Å². The summed E-state index contributed by atoms with van der Waals surface area (Å²) < 4.78 is 5.43. The third kappa shape index (κ3) is 1.40. The molecule has 1 heterocycles. The summed E-state index contributed by atoms with van der Waals surface area (Å²) in [5, 5.41) is 0.749. The monoisotopic (exact) mass is 197 g/mol. The van der Waals surface area contributed by atoms with E-state index < -0.39 is 0 Å². The molecular formula is C10H12ClNO. The first-order valence-electron chi connectivity index (χ1n) is 4.40. The molecule has 0 amide bonds. The van der Waals surface area contributed by atoms with Gasteiger partial charge in [0.1, 0.15) is 5.75 Å². The average molecular weight is 198 g/mol. The van der Waals surface area contributed by atoms with Crippen LogP contribution >= 0.6 is 11.6 Å². The minimum atomic E-state index is -0.0239. The van der Waals surface area contributed by atoms with E-state index in [1.54, 1.807) is 0 Å². The number of hydrogen-bond donors (Lipinski definition) is 1. The molecule has 0 aliphatic carbocycles. The number of fused-ring (bicyclic) bond motifs is 1. The van der Waals surface area contributed by atoms with E-state index in [1.165, 1.54) is 5.56 Å². The highest BCUT2D eigenvalue weighted by Gasteiger charge is 2.20. The van der Waals surface area contributed by atoms with Gasteiger partial charge >= 0.3 is 0 Å². The summed E-state index contributed by atoms with van der Waals surface area (Å²) in [5.74, 6) is 0.941. The summed E-state index contributed by atoms with van der Waals surface area (Å²) in [6, 6.07) is 3.74. The number of benzene rings is 1. The standard InChI is InChI=1S/C10H12ClNO/c1-6(12)10-7-4-5-13-9(7)3-2-8(10)11/h2-3,6H,4-5,12H2,1H3. The largest absolute Gasteiger partial charge is 0.493 e. The van der Waals surface area contributed by atoms with E-state index in [0.29, 0.717) is 0 Å². The second-order valence-electron chi connectivity index (χ2n) is 3.32. The molecular weight excluding hydrogens is 186 g/mol. The van der Waals surface area contributed by atoms with Crippen molar-refractivity contribution in [1.82, 2.24) is 0 Å². The molecule has 0 spiro atoms. The highest BCUT2D eigenvalue weighted by atomic mass is 35.5. The Bertz CT molecular complexity index is 336. The quantitative estimate of drug-likeness (QED) is 0.750. The predicted octanol–water partition coefficient (Wildman–Crippen LogP) is 2.29. The Morgan fingerprint density at radius 3 is 3.00 bits per heavy atom. The van der Waals surface area contributed by atoms with E-state index in [2.05, 4.69) is 0 Å². The SMILES string of the molecule is CC(N)c1c(Cl)ccc2c1CCO2. The molecule has 1 aromatic rings. The van der Waals surface area contributed by atoms with Gasteiger partial charge in [0.25, 0.3) is 0 Å². The van der Waals surface area contributed by atoms with Crippen molar-refractivity contribution >= 4 is 11.6 Å². The fraction of sp³-hybridized carbons (Fsp3) is 0.400. The van der Waals surface area contributed by atoms with Crippen molar-refractivity contribution in [2.24, 2.45) is 5.73 Å². The highest BCUT2D eigenvalue weighted by Crippen LogP contribution is 2.35. The lowest BCUT2D eigenvalue weighted by Crippen LogP contribution is -2.08. The molecule has 0 fully saturated rings. The maximum absolute atomic E-state index is 6.07. The minimum Gasteiger partial charge on any atom is -0.493 e. The van der Waals surface area contributed by atoms with Crippen LogP contribution in [0.15, 0.2) is 12.1 Å². The fourth-order valence-electron chi connectivity index (χ4n) is 1.76. The Morgan fingerprint density at radius 2 is 2.31 bits per heavy atom. The van der Waals surface area contributed by atoms with Gasteiger partial charge in [0.2, 0.25) is 0 Å². The van der Waals surface area contributed by atoms with Crippen molar-refractivity contribution in [2.75, 3.05) is 6.61 Å². The third-order valence-corrected chi connectivity index (χ3v) is 2.66. The molecule has 0 radical (unpaired) electrons. The maximum atomic E-state index is 6.07. The van der Waals surface area contributed by atoms with Gasteiger partial charge in [0, 0.05) is 23.0 Å². The molecule has 1 aromatic carbocycles. The van der Waals surface area contributed by atoms with Crippen LogP contribution in [0.4, 0.5) is 0 Å². The number of rotatable bonds is 1. The molecule has 2 N–H and O–H groups in total. The van der Waals surface area contributed by atoms with Crippen LogP contribution < -0.4 is 10.5 Å². The van der Waals surface area contributed by atoms with Crippen LogP contribution in [0, 0.1) is 0 Å². The topological polar surface area (TPSA) is 35.2 Å². The van der Waals surface area contributed by atoms with Crippen LogP contribution in [0.3, 0.4) is 0 Å². The summed E-state index contributed by atoms with van der Waals surface area (Å²) >= 11 is 6.07. The van der Waals surface area contributed by atoms with Crippen LogP contribution in [0.5, 0.6) is 5.75 Å². The van der Waals surface area contributed by atoms with Crippen molar-refractivity contribution < 1.29 is 4.74 Å². The molecule has 1 aliphatic rings. The van der Waals surface area contributed by atoms with Gasteiger partial charge in [-0.25, -0.2) is 0 Å². The molecule has 0 bridgehead atoms. The van der Waals surface area contributed by atoms with Gasteiger partial charge in [0.05, 0.1) is 6.61 Å². The van der Waals surface area contributed by atoms with Crippen molar-refractivity contribution in [2.45, 2.75) is 19.4 Å². The Kier molecular flexibility index (Phi) is 2.18. The number of ether oxygens (including phenoxy) is 1. The van der Waals surface area contributed by atoms with Gasteiger partial charge in [-0.2, -0.15) is 0 Å². The number of halogens is 1. The highest BCUT2D eigenvalue weighted by molar-refractivity contribution is 6.31. The first kappa shape index (κ1) is 8.85. The van der Waals surface area contributed by atoms with Gasteiger partial charge in [-0.15, -0.1) is 0 Å². The molecule has 1 unspecified atom stereocenters. The molecule has 0 saturated heterocycles. The molecule has 3 heteroatoms. The zero-order valence-corrected chi connectivity index (χ0v) is 8.27. The second-order valence-corrected chi connectivity index (χ2v) is 3.73. The van der Waals surface area contributed by atoms with Crippen molar-refractivity contribution in [3.8, 4) is 5.75 Å². The van der Waals surface area contributed by atoms with Crippen LogP contribution in [0.2, 0.25) is 5.02 Å². The number of nitrogens with two attached hydrogens (primary N) is 1. The summed E-state index contributed by atoms with van der Waals surface area (Å²) in [7, 11) is 0. The average Bonchev–Trinajstić information content (AvgIpc) is 2.50. The van der Waals surface area contributed by atoms with E-state index in [-0.39, 0.29) is 6.04 Å².